The average molecular weight is 489 g/mol. The molecule has 0 saturated carbocycles. The minimum Gasteiger partial charge on any atom is -0.456 e. The molecule has 0 unspecified atom stereocenters. The molecule has 1 heterocycles. The first-order chi connectivity index (χ1) is 14.6. The summed E-state index contributed by atoms with van der Waals surface area (Å²) in [5.41, 5.74) is -0.342. The third kappa shape index (κ3) is 5.55. The van der Waals surface area contributed by atoms with Crippen LogP contribution in [-0.4, -0.2) is 16.9 Å². The van der Waals surface area contributed by atoms with Crippen molar-refractivity contribution in [1.82, 2.24) is 4.98 Å². The molecular formula is C20H13Cl2F3N2O3S. The lowest BCUT2D eigenvalue weighted by Crippen LogP contribution is -2.23. The van der Waals surface area contributed by atoms with Gasteiger partial charge in [0, 0.05) is 12.3 Å². The van der Waals surface area contributed by atoms with Crippen LogP contribution >= 0.6 is 34.5 Å². The number of nitrogens with zero attached hydrogens (tertiary/aromatic N) is 2. The molecule has 1 amide bonds. The Morgan fingerprint density at radius 3 is 2.52 bits per heavy atom. The fraction of sp³-hybridized carbons (Fsp3) is 0.150. The largest absolute Gasteiger partial charge is 0.456 e. The summed E-state index contributed by atoms with van der Waals surface area (Å²) in [5.74, 6) is -1.18. The number of hydrogen-bond donors (Lipinski definition) is 0. The van der Waals surface area contributed by atoms with E-state index in [1.165, 1.54) is 37.3 Å². The van der Waals surface area contributed by atoms with Crippen LogP contribution in [0.5, 0.6) is 0 Å². The third-order valence-electron chi connectivity index (χ3n) is 3.98. The fourth-order valence-electron chi connectivity index (χ4n) is 2.56. The van der Waals surface area contributed by atoms with Crippen LogP contribution in [0.1, 0.15) is 28.5 Å². The molecule has 5 nitrogen and oxygen atoms in total. The van der Waals surface area contributed by atoms with Gasteiger partial charge >= 0.3 is 12.1 Å². The molecule has 2 aromatic carbocycles. The molecule has 0 spiro atoms. The summed E-state index contributed by atoms with van der Waals surface area (Å²) in [6.07, 6.45) is -4.55. The number of amides is 1. The lowest BCUT2D eigenvalue weighted by Gasteiger charge is -2.19. The van der Waals surface area contributed by atoms with Crippen LogP contribution in [0.25, 0.3) is 0 Å². The second kappa shape index (κ2) is 9.25. The van der Waals surface area contributed by atoms with Crippen LogP contribution in [0.4, 0.5) is 24.0 Å². The summed E-state index contributed by atoms with van der Waals surface area (Å²) in [5, 5.41) is 2.18. The first-order valence-electron chi connectivity index (χ1n) is 8.61. The van der Waals surface area contributed by atoms with Crippen molar-refractivity contribution in [2.45, 2.75) is 19.7 Å². The van der Waals surface area contributed by atoms with E-state index in [9.17, 15) is 22.8 Å². The highest BCUT2D eigenvalue weighted by Gasteiger charge is 2.31. The molecule has 1 aromatic heterocycles. The maximum Gasteiger partial charge on any atom is 0.416 e. The van der Waals surface area contributed by atoms with Gasteiger partial charge in [0.15, 0.2) is 5.13 Å². The van der Waals surface area contributed by atoms with Crippen molar-refractivity contribution in [3.8, 4) is 0 Å². The Kier molecular flexibility index (Phi) is 6.88. The van der Waals surface area contributed by atoms with Gasteiger partial charge in [-0.2, -0.15) is 13.2 Å². The zero-order valence-electron chi connectivity index (χ0n) is 15.7. The molecule has 0 bridgehead atoms. The first-order valence-corrected chi connectivity index (χ1v) is 10.2. The maximum atomic E-state index is 13.0. The number of alkyl halides is 3. The molecule has 162 valence electrons. The van der Waals surface area contributed by atoms with Gasteiger partial charge in [-0.15, -0.1) is 11.3 Å². The Morgan fingerprint density at radius 2 is 1.87 bits per heavy atom. The smallest absolute Gasteiger partial charge is 0.416 e. The topological polar surface area (TPSA) is 59.5 Å². The van der Waals surface area contributed by atoms with Gasteiger partial charge in [-0.3, -0.25) is 9.69 Å². The summed E-state index contributed by atoms with van der Waals surface area (Å²) in [6, 6.07) is 8.65. The monoisotopic (exact) mass is 488 g/mol. The van der Waals surface area contributed by atoms with E-state index in [2.05, 4.69) is 4.98 Å². The number of carbonyl (C=O) groups excluding carboxylic acids is 2. The van der Waals surface area contributed by atoms with Gasteiger partial charge in [0.2, 0.25) is 5.91 Å². The SMILES string of the molecule is CC(=O)N(c1cccc(C(F)(F)F)c1)c1nc(COC(=O)c2ccc(Cl)c(Cl)c2)cs1. The number of ether oxygens (including phenoxy) is 1. The number of hydrogen-bond acceptors (Lipinski definition) is 5. The number of benzene rings is 2. The lowest BCUT2D eigenvalue weighted by molar-refractivity contribution is -0.137. The van der Waals surface area contributed by atoms with Crippen LogP contribution < -0.4 is 4.90 Å². The van der Waals surface area contributed by atoms with Crippen molar-refractivity contribution < 1.29 is 27.5 Å². The molecule has 3 aromatic rings. The van der Waals surface area contributed by atoms with Crippen molar-refractivity contribution in [2.75, 3.05) is 4.90 Å². The van der Waals surface area contributed by atoms with E-state index in [1.807, 2.05) is 0 Å². The van der Waals surface area contributed by atoms with Crippen LogP contribution in [-0.2, 0) is 22.3 Å². The van der Waals surface area contributed by atoms with Gasteiger partial charge in [-0.25, -0.2) is 9.78 Å². The highest BCUT2D eigenvalue weighted by atomic mass is 35.5. The molecule has 0 atom stereocenters. The maximum absolute atomic E-state index is 13.0. The molecule has 31 heavy (non-hydrogen) atoms. The Hall–Kier alpha value is -2.62. The van der Waals surface area contributed by atoms with Gasteiger partial charge in [-0.1, -0.05) is 29.3 Å². The molecule has 0 radical (unpaired) electrons. The summed E-state index contributed by atoms with van der Waals surface area (Å²) < 4.78 is 44.2. The van der Waals surface area contributed by atoms with E-state index in [0.29, 0.717) is 10.7 Å². The normalized spacial score (nSPS) is 11.3. The first kappa shape index (κ1) is 23.1. The number of esters is 1. The van der Waals surface area contributed by atoms with Gasteiger partial charge < -0.3 is 4.74 Å². The van der Waals surface area contributed by atoms with Gasteiger partial charge in [0.05, 0.1) is 32.6 Å². The second-order valence-electron chi connectivity index (χ2n) is 6.23. The molecule has 3 rings (SSSR count). The van der Waals surface area contributed by atoms with E-state index in [0.717, 1.165) is 28.4 Å². The molecule has 0 aliphatic carbocycles. The Labute approximate surface area is 189 Å². The van der Waals surface area contributed by atoms with E-state index < -0.39 is 23.6 Å². The minimum absolute atomic E-state index is 0.0241. The predicted octanol–water partition coefficient (Wildman–Crippen LogP) is 6.51. The standard InChI is InChI=1S/C20H13Cl2F3N2O3S/c1-11(28)27(15-4-2-3-13(8-15)20(23,24)25)19-26-14(10-31-19)9-30-18(29)12-5-6-16(21)17(22)7-12/h2-8,10H,9H2,1H3. The summed E-state index contributed by atoms with van der Waals surface area (Å²) in [7, 11) is 0. The summed E-state index contributed by atoms with van der Waals surface area (Å²) in [4.78, 5) is 29.6. The Bertz CT molecular complexity index is 1130. The van der Waals surface area contributed by atoms with E-state index in [4.69, 9.17) is 27.9 Å². The predicted molar refractivity (Wildman–Crippen MR) is 112 cm³/mol. The van der Waals surface area contributed by atoms with Crippen molar-refractivity contribution in [1.29, 1.82) is 0 Å². The molecule has 0 fully saturated rings. The number of halogens is 5. The number of carbonyl (C=O) groups is 2. The number of aromatic nitrogens is 1. The van der Waals surface area contributed by atoms with Crippen molar-refractivity contribution in [3.05, 3.63) is 74.7 Å². The highest BCUT2D eigenvalue weighted by Crippen LogP contribution is 2.35. The Morgan fingerprint density at radius 1 is 1.13 bits per heavy atom. The van der Waals surface area contributed by atoms with Gasteiger partial charge in [0.1, 0.15) is 6.61 Å². The van der Waals surface area contributed by atoms with Crippen molar-refractivity contribution >= 4 is 57.2 Å². The van der Waals surface area contributed by atoms with Gasteiger partial charge in [-0.05, 0) is 36.4 Å². The van der Waals surface area contributed by atoms with E-state index in [-0.39, 0.29) is 28.0 Å². The molecule has 0 aliphatic rings. The molecule has 0 saturated heterocycles. The van der Waals surface area contributed by atoms with Crippen LogP contribution in [0.15, 0.2) is 47.8 Å². The van der Waals surface area contributed by atoms with Crippen molar-refractivity contribution in [3.63, 3.8) is 0 Å². The number of rotatable bonds is 5. The number of anilines is 2. The zero-order valence-corrected chi connectivity index (χ0v) is 18.1. The van der Waals surface area contributed by atoms with Gasteiger partial charge in [0.25, 0.3) is 0 Å². The molecular weight excluding hydrogens is 476 g/mol. The summed E-state index contributed by atoms with van der Waals surface area (Å²) >= 11 is 12.7. The minimum atomic E-state index is -4.55. The van der Waals surface area contributed by atoms with Crippen LogP contribution in [0.2, 0.25) is 10.0 Å². The zero-order chi connectivity index (χ0) is 22.8. The number of thiazole rings is 1. The third-order valence-corrected chi connectivity index (χ3v) is 5.60. The highest BCUT2D eigenvalue weighted by molar-refractivity contribution is 7.14. The van der Waals surface area contributed by atoms with E-state index >= 15 is 0 Å². The molecule has 0 aliphatic heterocycles. The quantitative estimate of drug-likeness (QED) is 0.384. The van der Waals surface area contributed by atoms with Crippen LogP contribution in [0.3, 0.4) is 0 Å². The average Bonchev–Trinajstić information content (AvgIpc) is 3.16. The fourth-order valence-corrected chi connectivity index (χ4v) is 3.73. The van der Waals surface area contributed by atoms with Crippen LogP contribution in [0, 0.1) is 0 Å². The molecule has 11 heteroatoms. The van der Waals surface area contributed by atoms with Crippen molar-refractivity contribution in [2.24, 2.45) is 0 Å². The lowest BCUT2D eigenvalue weighted by atomic mass is 10.2. The molecule has 0 N–H and O–H groups in total. The van der Waals surface area contributed by atoms with E-state index in [1.54, 1.807) is 5.38 Å². The Balaban J connectivity index is 1.77. The second-order valence-corrected chi connectivity index (χ2v) is 7.88. The summed E-state index contributed by atoms with van der Waals surface area (Å²) in [6.45, 7) is 1.01.